The van der Waals surface area contributed by atoms with E-state index in [-0.39, 0.29) is 11.5 Å². The average Bonchev–Trinajstić information content (AvgIpc) is 2.14. The Morgan fingerprint density at radius 2 is 2.21 bits per heavy atom. The smallest absolute Gasteiger partial charge is 0.347 e. The van der Waals surface area contributed by atoms with Crippen molar-refractivity contribution in [2.24, 2.45) is 5.73 Å². The molecule has 0 aromatic carbocycles. The van der Waals surface area contributed by atoms with Crippen molar-refractivity contribution in [3.05, 3.63) is 10.6 Å². The van der Waals surface area contributed by atoms with E-state index in [0.717, 1.165) is 18.2 Å². The van der Waals surface area contributed by atoms with Crippen LogP contribution in [0.25, 0.3) is 0 Å². The van der Waals surface area contributed by atoms with E-state index in [2.05, 4.69) is 0 Å². The lowest BCUT2D eigenvalue weighted by Gasteiger charge is -2.06. The minimum Gasteiger partial charge on any atom is -0.462 e. The highest BCUT2D eigenvalue weighted by molar-refractivity contribution is 8.08. The molecule has 0 aromatic rings. The zero-order valence-electron chi connectivity index (χ0n) is 8.37. The number of esters is 1. The highest BCUT2D eigenvalue weighted by Gasteiger charge is 2.15. The topological polar surface area (TPSA) is 76.1 Å². The Morgan fingerprint density at radius 3 is 2.64 bits per heavy atom. The molecule has 2 N–H and O–H groups in total. The van der Waals surface area contributed by atoms with Crippen molar-refractivity contribution in [1.82, 2.24) is 0 Å². The van der Waals surface area contributed by atoms with Gasteiger partial charge in [-0.3, -0.25) is 0 Å². The highest BCUT2D eigenvalue weighted by atomic mass is 32.2. The van der Waals surface area contributed by atoms with E-state index in [4.69, 9.17) is 15.7 Å². The molecule has 0 aromatic heterocycles. The number of ether oxygens (including phenoxy) is 1. The first kappa shape index (κ1) is 12.8. The number of allylic oxidation sites excluding steroid dienone is 1. The van der Waals surface area contributed by atoms with Gasteiger partial charge >= 0.3 is 5.97 Å². The number of thioether (sulfide) groups is 1. The molecule has 78 valence electrons. The molecule has 0 bridgehead atoms. The van der Waals surface area contributed by atoms with Crippen LogP contribution in [0.2, 0.25) is 0 Å². The zero-order valence-corrected chi connectivity index (χ0v) is 9.19. The molecule has 0 amide bonds. The summed E-state index contributed by atoms with van der Waals surface area (Å²) in [6, 6.07) is 0. The maximum Gasteiger partial charge on any atom is 0.347 e. The van der Waals surface area contributed by atoms with Crippen molar-refractivity contribution in [3.63, 3.8) is 0 Å². The number of thiocyanates is 1. The van der Waals surface area contributed by atoms with Gasteiger partial charge in [0.05, 0.1) is 6.61 Å². The van der Waals surface area contributed by atoms with Crippen molar-refractivity contribution in [1.29, 1.82) is 5.26 Å². The first-order chi connectivity index (χ1) is 6.67. The van der Waals surface area contributed by atoms with Crippen molar-refractivity contribution >= 4 is 17.7 Å². The molecule has 0 rings (SSSR count). The quantitative estimate of drug-likeness (QED) is 0.428. The molecular weight excluding hydrogens is 200 g/mol. The van der Waals surface area contributed by atoms with Gasteiger partial charge in [-0.05, 0) is 25.1 Å². The summed E-state index contributed by atoms with van der Waals surface area (Å²) in [6.45, 7) is 3.95. The Kier molecular flexibility index (Phi) is 6.68. The molecule has 4 nitrogen and oxygen atoms in total. The molecule has 0 heterocycles. The van der Waals surface area contributed by atoms with Crippen LogP contribution in [-0.4, -0.2) is 12.6 Å². The molecule has 0 saturated carbocycles. The number of hydrogen-bond donors (Lipinski definition) is 1. The number of carbonyl (C=O) groups excluding carboxylic acids is 1. The average molecular weight is 214 g/mol. The van der Waals surface area contributed by atoms with Crippen molar-refractivity contribution in [2.75, 3.05) is 6.61 Å². The molecule has 14 heavy (non-hydrogen) atoms. The molecule has 0 atom stereocenters. The lowest BCUT2D eigenvalue weighted by atomic mass is 10.2. The van der Waals surface area contributed by atoms with Crippen LogP contribution in [0.5, 0.6) is 0 Å². The summed E-state index contributed by atoms with van der Waals surface area (Å²) in [5.74, 6) is -0.509. The number of nitrogens with two attached hydrogens (primary N) is 1. The Bertz CT molecular complexity index is 268. The largest absolute Gasteiger partial charge is 0.462 e. The van der Waals surface area contributed by atoms with Gasteiger partial charge in [0.2, 0.25) is 0 Å². The van der Waals surface area contributed by atoms with Gasteiger partial charge in [-0.25, -0.2) is 4.79 Å². The van der Waals surface area contributed by atoms with Gasteiger partial charge in [0, 0.05) is 5.70 Å². The third-order valence-electron chi connectivity index (χ3n) is 1.42. The second kappa shape index (κ2) is 7.27. The van der Waals surface area contributed by atoms with Crippen LogP contribution in [0.15, 0.2) is 10.6 Å². The summed E-state index contributed by atoms with van der Waals surface area (Å²) >= 11 is 0.758. The normalized spacial score (nSPS) is 11.5. The van der Waals surface area contributed by atoms with Crippen LogP contribution in [0, 0.1) is 10.7 Å². The Hall–Kier alpha value is -1.15. The summed E-state index contributed by atoms with van der Waals surface area (Å²) in [4.78, 5) is 11.5. The van der Waals surface area contributed by atoms with E-state index in [0.29, 0.717) is 12.1 Å². The number of carbonyl (C=O) groups is 1. The first-order valence-electron chi connectivity index (χ1n) is 4.39. The molecule has 0 aliphatic heterocycles. The van der Waals surface area contributed by atoms with Gasteiger partial charge in [-0.1, -0.05) is 13.3 Å². The van der Waals surface area contributed by atoms with Crippen LogP contribution >= 0.6 is 11.8 Å². The van der Waals surface area contributed by atoms with Crippen LogP contribution in [-0.2, 0) is 9.53 Å². The molecular formula is C9H14N2O2S. The van der Waals surface area contributed by atoms with Crippen molar-refractivity contribution in [2.45, 2.75) is 26.7 Å². The van der Waals surface area contributed by atoms with Crippen molar-refractivity contribution in [3.8, 4) is 5.40 Å². The standard InChI is InChI=1S/C9H14N2O2S/c1-3-5-7(11)8(14-6-10)9(12)13-4-2/h3-5,11H2,1-2H3/b8-7+. The van der Waals surface area contributed by atoms with Gasteiger partial charge < -0.3 is 10.5 Å². The van der Waals surface area contributed by atoms with E-state index >= 15 is 0 Å². The fourth-order valence-electron chi connectivity index (χ4n) is 0.863. The first-order valence-corrected chi connectivity index (χ1v) is 5.20. The molecule has 0 saturated heterocycles. The van der Waals surface area contributed by atoms with E-state index < -0.39 is 5.97 Å². The lowest BCUT2D eigenvalue weighted by Crippen LogP contribution is -2.11. The predicted octanol–water partition coefficient (Wildman–Crippen LogP) is 1.73. The summed E-state index contributed by atoms with van der Waals surface area (Å²) in [6.07, 6.45) is 1.43. The molecule has 0 unspecified atom stereocenters. The Balaban J connectivity index is 4.65. The highest BCUT2D eigenvalue weighted by Crippen LogP contribution is 2.20. The van der Waals surface area contributed by atoms with Crippen LogP contribution in [0.4, 0.5) is 0 Å². The molecule has 0 spiro atoms. The minimum absolute atomic E-state index is 0.219. The van der Waals surface area contributed by atoms with E-state index in [1.54, 1.807) is 6.92 Å². The second-order valence-corrected chi connectivity index (χ2v) is 3.31. The Morgan fingerprint density at radius 1 is 1.57 bits per heavy atom. The molecule has 0 fully saturated rings. The summed E-state index contributed by atoms with van der Waals surface area (Å²) in [5, 5.41) is 10.3. The number of nitrogens with zero attached hydrogens (tertiary/aromatic N) is 1. The van der Waals surface area contributed by atoms with Gasteiger partial charge in [-0.15, -0.1) is 0 Å². The monoisotopic (exact) mass is 214 g/mol. The molecule has 0 radical (unpaired) electrons. The summed E-state index contributed by atoms with van der Waals surface area (Å²) < 4.78 is 4.78. The fraction of sp³-hybridized carbons (Fsp3) is 0.556. The second-order valence-electron chi connectivity index (χ2n) is 2.52. The third kappa shape index (κ3) is 4.19. The predicted molar refractivity (Wildman–Crippen MR) is 56.0 cm³/mol. The number of rotatable bonds is 5. The van der Waals surface area contributed by atoms with Crippen LogP contribution in [0.1, 0.15) is 26.7 Å². The SMILES string of the molecule is CCC/C(N)=C(\SC#N)C(=O)OCC. The maximum atomic E-state index is 11.3. The lowest BCUT2D eigenvalue weighted by molar-refractivity contribution is -0.137. The molecule has 0 aliphatic rings. The zero-order chi connectivity index (χ0) is 11.0. The van der Waals surface area contributed by atoms with Gasteiger partial charge in [0.1, 0.15) is 10.3 Å². The maximum absolute atomic E-state index is 11.3. The fourth-order valence-corrected chi connectivity index (χ4v) is 1.33. The Labute approximate surface area is 88.1 Å². The van der Waals surface area contributed by atoms with E-state index in [9.17, 15) is 4.79 Å². The van der Waals surface area contributed by atoms with Crippen LogP contribution in [0.3, 0.4) is 0 Å². The van der Waals surface area contributed by atoms with Gasteiger partial charge in [0.15, 0.2) is 0 Å². The number of hydrogen-bond acceptors (Lipinski definition) is 5. The van der Waals surface area contributed by atoms with Gasteiger partial charge in [0.25, 0.3) is 0 Å². The number of nitriles is 1. The summed E-state index contributed by atoms with van der Waals surface area (Å²) in [5.41, 5.74) is 6.08. The van der Waals surface area contributed by atoms with E-state index in [1.165, 1.54) is 0 Å². The van der Waals surface area contributed by atoms with Crippen molar-refractivity contribution < 1.29 is 9.53 Å². The third-order valence-corrected chi connectivity index (χ3v) is 2.14. The summed E-state index contributed by atoms with van der Waals surface area (Å²) in [7, 11) is 0. The van der Waals surface area contributed by atoms with Crippen LogP contribution < -0.4 is 5.73 Å². The van der Waals surface area contributed by atoms with Gasteiger partial charge in [-0.2, -0.15) is 5.26 Å². The van der Waals surface area contributed by atoms with E-state index in [1.807, 2.05) is 12.3 Å². The minimum atomic E-state index is -0.509. The molecule has 5 heteroatoms. The molecule has 0 aliphatic carbocycles.